The van der Waals surface area contributed by atoms with E-state index in [9.17, 15) is 18.0 Å². The third-order valence-electron chi connectivity index (χ3n) is 4.14. The summed E-state index contributed by atoms with van der Waals surface area (Å²) >= 11 is 0. The maximum absolute atomic E-state index is 13.3. The Hall–Kier alpha value is -3.69. The molecule has 156 valence electrons. The summed E-state index contributed by atoms with van der Waals surface area (Å²) in [4.78, 5) is 17.0. The summed E-state index contributed by atoms with van der Waals surface area (Å²) in [5, 5.41) is 9.32. The molecule has 0 atom stereocenters. The summed E-state index contributed by atoms with van der Waals surface area (Å²) in [6.07, 6.45) is -4.78. The Bertz CT molecular complexity index is 1070. The van der Waals surface area contributed by atoms with E-state index in [1.54, 1.807) is 37.3 Å². The van der Waals surface area contributed by atoms with Crippen molar-refractivity contribution in [1.82, 2.24) is 15.2 Å². The monoisotopic (exact) mass is 418 g/mol. The van der Waals surface area contributed by atoms with Crippen molar-refractivity contribution in [2.45, 2.75) is 20.0 Å². The van der Waals surface area contributed by atoms with E-state index in [1.807, 2.05) is 0 Å². The lowest BCUT2D eigenvalue weighted by molar-refractivity contribution is -0.142. The number of amides is 1. The Balaban J connectivity index is 2.06. The highest BCUT2D eigenvalue weighted by Gasteiger charge is 2.38. The van der Waals surface area contributed by atoms with Crippen LogP contribution in [-0.2, 0) is 6.18 Å². The van der Waals surface area contributed by atoms with Crippen LogP contribution in [-0.4, -0.2) is 28.2 Å². The number of alkyl halides is 3. The molecule has 0 aliphatic heterocycles. The summed E-state index contributed by atoms with van der Waals surface area (Å²) < 4.78 is 50.6. The van der Waals surface area contributed by atoms with Gasteiger partial charge in [-0.15, -0.1) is 10.2 Å². The molecule has 0 spiro atoms. The van der Waals surface area contributed by atoms with Crippen LogP contribution in [0, 0.1) is 13.8 Å². The van der Waals surface area contributed by atoms with E-state index < -0.39 is 23.3 Å². The molecule has 0 saturated carbocycles. The van der Waals surface area contributed by atoms with Gasteiger partial charge in [0.1, 0.15) is 5.56 Å². The minimum Gasteiger partial charge on any atom is -0.481 e. The van der Waals surface area contributed by atoms with Gasteiger partial charge in [-0.3, -0.25) is 4.79 Å². The van der Waals surface area contributed by atoms with Gasteiger partial charge in [0.25, 0.3) is 11.8 Å². The fourth-order valence-corrected chi connectivity index (χ4v) is 2.67. The van der Waals surface area contributed by atoms with Crippen molar-refractivity contribution in [3.8, 4) is 17.5 Å². The molecule has 2 heterocycles. The normalized spacial score (nSPS) is 11.1. The second kappa shape index (κ2) is 8.36. The van der Waals surface area contributed by atoms with E-state index in [0.717, 1.165) is 6.92 Å². The van der Waals surface area contributed by atoms with E-state index in [0.29, 0.717) is 17.3 Å². The van der Waals surface area contributed by atoms with Gasteiger partial charge < -0.3 is 14.8 Å². The zero-order valence-corrected chi connectivity index (χ0v) is 16.2. The third kappa shape index (κ3) is 4.48. The standard InChI is InChI=1S/C20H17F3N4O3/c1-11-16(18(28)25-13-7-5-4-6-8-13)19(27-26-17(11)20(21,22)23)30-14-9-10-15(29-3)24-12(14)2/h4-10H,1-3H3,(H,25,28). The molecule has 0 aliphatic carbocycles. The highest BCUT2D eigenvalue weighted by atomic mass is 19.4. The SMILES string of the molecule is COc1ccc(Oc2nnc(C(F)(F)F)c(C)c2C(=O)Nc2ccccc2)c(C)n1. The van der Waals surface area contributed by atoms with Crippen molar-refractivity contribution in [2.24, 2.45) is 0 Å². The molecule has 0 unspecified atom stereocenters. The lowest BCUT2D eigenvalue weighted by Gasteiger charge is -2.16. The molecule has 2 aromatic heterocycles. The maximum atomic E-state index is 13.3. The number of anilines is 1. The number of para-hydroxylation sites is 1. The molecule has 3 rings (SSSR count). The van der Waals surface area contributed by atoms with Crippen molar-refractivity contribution in [1.29, 1.82) is 0 Å². The number of benzene rings is 1. The zero-order valence-electron chi connectivity index (χ0n) is 16.2. The summed E-state index contributed by atoms with van der Waals surface area (Å²) in [6.45, 7) is 2.76. The van der Waals surface area contributed by atoms with E-state index in [2.05, 4.69) is 20.5 Å². The molecule has 30 heavy (non-hydrogen) atoms. The first kappa shape index (κ1) is 21.0. The average Bonchev–Trinajstić information content (AvgIpc) is 2.69. The zero-order chi connectivity index (χ0) is 21.9. The number of methoxy groups -OCH3 is 1. The van der Waals surface area contributed by atoms with Crippen LogP contribution in [0.4, 0.5) is 18.9 Å². The Morgan fingerprint density at radius 3 is 2.33 bits per heavy atom. The molecule has 1 aromatic carbocycles. The first-order chi connectivity index (χ1) is 14.2. The predicted octanol–water partition coefficient (Wildman–Crippen LogP) is 4.56. The predicted molar refractivity (Wildman–Crippen MR) is 102 cm³/mol. The van der Waals surface area contributed by atoms with Crippen LogP contribution >= 0.6 is 0 Å². The van der Waals surface area contributed by atoms with Crippen LogP contribution in [0.2, 0.25) is 0 Å². The highest BCUT2D eigenvalue weighted by molar-refractivity contribution is 6.07. The van der Waals surface area contributed by atoms with Gasteiger partial charge in [-0.05, 0) is 37.6 Å². The number of nitrogens with one attached hydrogen (secondary N) is 1. The topological polar surface area (TPSA) is 86.2 Å². The Labute approximate surface area is 169 Å². The van der Waals surface area contributed by atoms with Crippen LogP contribution in [0.25, 0.3) is 0 Å². The summed E-state index contributed by atoms with van der Waals surface area (Å²) in [5.74, 6) is -0.660. The van der Waals surface area contributed by atoms with E-state index in [4.69, 9.17) is 9.47 Å². The largest absolute Gasteiger partial charge is 0.481 e. The fourth-order valence-electron chi connectivity index (χ4n) is 2.67. The maximum Gasteiger partial charge on any atom is 0.435 e. The molecular weight excluding hydrogens is 401 g/mol. The molecule has 7 nitrogen and oxygen atoms in total. The van der Waals surface area contributed by atoms with Gasteiger partial charge in [0.05, 0.1) is 12.8 Å². The smallest absolute Gasteiger partial charge is 0.435 e. The van der Waals surface area contributed by atoms with Crippen LogP contribution in [0.1, 0.15) is 27.3 Å². The summed E-state index contributed by atoms with van der Waals surface area (Å²) in [7, 11) is 1.44. The minimum absolute atomic E-state index is 0.193. The number of carbonyl (C=O) groups is 1. The number of carbonyl (C=O) groups excluding carboxylic acids is 1. The lowest BCUT2D eigenvalue weighted by atomic mass is 10.1. The van der Waals surface area contributed by atoms with Crippen molar-refractivity contribution < 1.29 is 27.4 Å². The minimum atomic E-state index is -4.78. The van der Waals surface area contributed by atoms with Gasteiger partial charge in [-0.2, -0.15) is 13.2 Å². The molecular formula is C20H17F3N4O3. The van der Waals surface area contributed by atoms with Gasteiger partial charge >= 0.3 is 6.18 Å². The van der Waals surface area contributed by atoms with Gasteiger partial charge in [0.15, 0.2) is 11.4 Å². The number of ether oxygens (including phenoxy) is 2. The number of hydrogen-bond donors (Lipinski definition) is 1. The quantitative estimate of drug-likeness (QED) is 0.654. The second-order valence-corrected chi connectivity index (χ2v) is 6.21. The number of nitrogens with zero attached hydrogens (tertiary/aromatic N) is 3. The van der Waals surface area contributed by atoms with E-state index >= 15 is 0 Å². The van der Waals surface area contributed by atoms with Gasteiger partial charge in [0, 0.05) is 11.8 Å². The van der Waals surface area contributed by atoms with Crippen molar-refractivity contribution in [3.63, 3.8) is 0 Å². The molecule has 1 N–H and O–H groups in total. The molecule has 0 aliphatic rings. The Morgan fingerprint density at radius 1 is 1.03 bits per heavy atom. The fraction of sp³-hybridized carbons (Fsp3) is 0.200. The molecule has 0 fully saturated rings. The Kier molecular flexibility index (Phi) is 5.86. The number of halogens is 3. The summed E-state index contributed by atoms with van der Waals surface area (Å²) in [6, 6.07) is 11.3. The lowest BCUT2D eigenvalue weighted by Crippen LogP contribution is -2.20. The highest BCUT2D eigenvalue weighted by Crippen LogP contribution is 2.35. The van der Waals surface area contributed by atoms with E-state index in [-0.39, 0.29) is 17.2 Å². The van der Waals surface area contributed by atoms with Crippen LogP contribution in [0.3, 0.4) is 0 Å². The first-order valence-corrected chi connectivity index (χ1v) is 8.71. The Morgan fingerprint density at radius 2 is 1.73 bits per heavy atom. The molecule has 0 radical (unpaired) electrons. The first-order valence-electron chi connectivity index (χ1n) is 8.71. The van der Waals surface area contributed by atoms with Crippen LogP contribution < -0.4 is 14.8 Å². The molecule has 10 heteroatoms. The molecule has 3 aromatic rings. The van der Waals surface area contributed by atoms with Crippen LogP contribution in [0.5, 0.6) is 17.5 Å². The number of rotatable bonds is 5. The van der Waals surface area contributed by atoms with E-state index in [1.165, 1.54) is 19.2 Å². The van der Waals surface area contributed by atoms with Gasteiger partial charge in [-0.25, -0.2) is 4.98 Å². The van der Waals surface area contributed by atoms with Crippen LogP contribution in [0.15, 0.2) is 42.5 Å². The molecule has 1 amide bonds. The average molecular weight is 418 g/mol. The number of aromatic nitrogens is 3. The van der Waals surface area contributed by atoms with Gasteiger partial charge in [0.2, 0.25) is 5.88 Å². The second-order valence-electron chi connectivity index (χ2n) is 6.21. The van der Waals surface area contributed by atoms with Crippen molar-refractivity contribution in [3.05, 3.63) is 65.0 Å². The number of hydrogen-bond acceptors (Lipinski definition) is 6. The van der Waals surface area contributed by atoms with Crippen molar-refractivity contribution >= 4 is 11.6 Å². The number of aryl methyl sites for hydroxylation is 1. The van der Waals surface area contributed by atoms with Crippen molar-refractivity contribution in [2.75, 3.05) is 12.4 Å². The summed E-state index contributed by atoms with van der Waals surface area (Å²) in [5.41, 5.74) is -1.25. The third-order valence-corrected chi connectivity index (χ3v) is 4.14. The molecule has 0 bridgehead atoms. The number of pyridine rings is 1. The molecule has 0 saturated heterocycles. The van der Waals surface area contributed by atoms with Gasteiger partial charge in [-0.1, -0.05) is 18.2 Å².